The van der Waals surface area contributed by atoms with Crippen molar-refractivity contribution in [3.05, 3.63) is 51.0 Å². The number of pyridine rings is 1. The molecular formula is C21H28N4OS. The molecule has 4 rings (SSSR count). The Kier molecular flexibility index (Phi) is 5.86. The maximum Gasteiger partial charge on any atom is 0.252 e. The Balaban J connectivity index is 1.35. The number of hydrogen-bond donors (Lipinski definition) is 2. The first-order chi connectivity index (χ1) is 13.2. The molecule has 1 saturated heterocycles. The molecule has 2 N–H and O–H groups in total. The summed E-state index contributed by atoms with van der Waals surface area (Å²) < 4.78 is 0. The van der Waals surface area contributed by atoms with Gasteiger partial charge >= 0.3 is 0 Å². The minimum absolute atomic E-state index is 0.0893. The maximum atomic E-state index is 12.6. The number of carbonyl (C=O) groups excluding carboxylic acids is 1. The van der Waals surface area contributed by atoms with E-state index in [1.54, 1.807) is 11.3 Å². The highest BCUT2D eigenvalue weighted by Gasteiger charge is 2.24. The summed E-state index contributed by atoms with van der Waals surface area (Å²) in [5.41, 5.74) is 4.54. The van der Waals surface area contributed by atoms with E-state index in [2.05, 4.69) is 39.6 Å². The van der Waals surface area contributed by atoms with Crippen LogP contribution in [0.25, 0.3) is 0 Å². The highest BCUT2D eigenvalue weighted by molar-refractivity contribution is 7.10. The van der Waals surface area contributed by atoms with Crippen molar-refractivity contribution in [1.29, 1.82) is 0 Å². The first-order valence-electron chi connectivity index (χ1n) is 10.00. The summed E-state index contributed by atoms with van der Waals surface area (Å²) in [4.78, 5) is 21.0. The number of rotatable bonds is 6. The summed E-state index contributed by atoms with van der Waals surface area (Å²) >= 11 is 1.72. The van der Waals surface area contributed by atoms with Gasteiger partial charge in [0.15, 0.2) is 0 Å². The van der Waals surface area contributed by atoms with Crippen molar-refractivity contribution in [3.63, 3.8) is 0 Å². The molecule has 4 heterocycles. The lowest BCUT2D eigenvalue weighted by molar-refractivity contribution is 0.0949. The highest BCUT2D eigenvalue weighted by atomic mass is 32.1. The number of thiophene rings is 1. The second kappa shape index (κ2) is 8.50. The van der Waals surface area contributed by atoms with E-state index in [1.807, 2.05) is 11.6 Å². The molecule has 2 aromatic heterocycles. The van der Waals surface area contributed by atoms with Crippen molar-refractivity contribution in [2.24, 2.45) is 0 Å². The van der Waals surface area contributed by atoms with E-state index in [9.17, 15) is 4.79 Å². The van der Waals surface area contributed by atoms with E-state index in [-0.39, 0.29) is 5.91 Å². The largest absolute Gasteiger partial charge is 0.350 e. The minimum Gasteiger partial charge on any atom is -0.350 e. The smallest absolute Gasteiger partial charge is 0.252 e. The molecule has 27 heavy (non-hydrogen) atoms. The standard InChI is InChI=1S/C21H28N4OS/c1-2-15-5-6-17(23-10-15)12-25-9-7-18-19(14-27-20(18)13-25)21(26)24-11-16-4-3-8-22-16/h5-6,10,14,16,22H,2-4,7-9,11-13H2,1H3,(H,24,26)/t16-/m1/s1. The third kappa shape index (κ3) is 4.39. The number of amides is 1. The number of carbonyl (C=O) groups is 1. The summed E-state index contributed by atoms with van der Waals surface area (Å²) in [6.07, 6.45) is 6.31. The lowest BCUT2D eigenvalue weighted by Gasteiger charge is -2.27. The van der Waals surface area contributed by atoms with Gasteiger partial charge in [-0.15, -0.1) is 11.3 Å². The molecule has 2 aromatic rings. The van der Waals surface area contributed by atoms with Gasteiger partial charge in [0.25, 0.3) is 5.91 Å². The predicted octanol–water partition coefficient (Wildman–Crippen LogP) is 2.75. The zero-order chi connectivity index (χ0) is 18.6. The van der Waals surface area contributed by atoms with Crippen LogP contribution in [-0.4, -0.2) is 41.5 Å². The van der Waals surface area contributed by atoms with E-state index >= 15 is 0 Å². The molecule has 144 valence electrons. The number of nitrogens with one attached hydrogen (secondary N) is 2. The lowest BCUT2D eigenvalue weighted by atomic mass is 10.0. The molecule has 2 aliphatic rings. The predicted molar refractivity (Wildman–Crippen MR) is 109 cm³/mol. The number of fused-ring (bicyclic) bond motifs is 1. The molecule has 0 saturated carbocycles. The van der Waals surface area contributed by atoms with Crippen molar-refractivity contribution in [3.8, 4) is 0 Å². The molecule has 0 bridgehead atoms. The Bertz CT molecular complexity index is 780. The minimum atomic E-state index is 0.0893. The van der Waals surface area contributed by atoms with Gasteiger partial charge in [0.1, 0.15) is 0 Å². The van der Waals surface area contributed by atoms with E-state index < -0.39 is 0 Å². The Labute approximate surface area is 165 Å². The van der Waals surface area contributed by atoms with Gasteiger partial charge in [0.05, 0.1) is 11.3 Å². The average molecular weight is 385 g/mol. The highest BCUT2D eigenvalue weighted by Crippen LogP contribution is 2.29. The zero-order valence-electron chi connectivity index (χ0n) is 16.0. The van der Waals surface area contributed by atoms with Crippen LogP contribution in [0.15, 0.2) is 23.7 Å². The second-order valence-corrected chi connectivity index (χ2v) is 8.49. The SMILES string of the molecule is CCc1ccc(CN2CCc3c(C(=O)NC[C@H]4CCCN4)csc3C2)nc1. The molecule has 0 aromatic carbocycles. The van der Waals surface area contributed by atoms with E-state index in [4.69, 9.17) is 0 Å². The summed E-state index contributed by atoms with van der Waals surface area (Å²) in [6, 6.07) is 4.74. The van der Waals surface area contributed by atoms with E-state index in [0.717, 1.165) is 63.2 Å². The van der Waals surface area contributed by atoms with Crippen LogP contribution in [0.5, 0.6) is 0 Å². The van der Waals surface area contributed by atoms with Crippen LogP contribution < -0.4 is 10.6 Å². The van der Waals surface area contributed by atoms with Crippen molar-refractivity contribution >= 4 is 17.2 Å². The number of aryl methyl sites for hydroxylation is 1. The van der Waals surface area contributed by atoms with Crippen molar-refractivity contribution in [2.45, 2.75) is 51.7 Å². The Morgan fingerprint density at radius 3 is 3.11 bits per heavy atom. The Morgan fingerprint density at radius 2 is 2.37 bits per heavy atom. The number of aromatic nitrogens is 1. The second-order valence-electron chi connectivity index (χ2n) is 7.53. The van der Waals surface area contributed by atoms with Gasteiger partial charge < -0.3 is 10.6 Å². The first-order valence-corrected chi connectivity index (χ1v) is 10.9. The molecular weight excluding hydrogens is 356 g/mol. The van der Waals surface area contributed by atoms with Gasteiger partial charge in [-0.3, -0.25) is 14.7 Å². The molecule has 0 radical (unpaired) electrons. The van der Waals surface area contributed by atoms with Crippen LogP contribution in [0.3, 0.4) is 0 Å². The summed E-state index contributed by atoms with van der Waals surface area (Å²) in [6.45, 7) is 6.71. The maximum absolute atomic E-state index is 12.6. The molecule has 5 nitrogen and oxygen atoms in total. The lowest BCUT2D eigenvalue weighted by Crippen LogP contribution is -2.37. The monoisotopic (exact) mass is 384 g/mol. The molecule has 0 unspecified atom stereocenters. The molecule has 0 spiro atoms. The van der Waals surface area contributed by atoms with E-state index in [1.165, 1.54) is 22.4 Å². The topological polar surface area (TPSA) is 57.3 Å². The van der Waals surface area contributed by atoms with Gasteiger partial charge in [-0.2, -0.15) is 0 Å². The fraction of sp³-hybridized carbons (Fsp3) is 0.524. The third-order valence-electron chi connectivity index (χ3n) is 5.62. The van der Waals surface area contributed by atoms with Gasteiger partial charge in [-0.1, -0.05) is 13.0 Å². The normalized spacial score (nSPS) is 19.8. The fourth-order valence-electron chi connectivity index (χ4n) is 3.94. The van der Waals surface area contributed by atoms with Crippen LogP contribution in [0.4, 0.5) is 0 Å². The van der Waals surface area contributed by atoms with Crippen LogP contribution in [0.1, 0.15) is 51.8 Å². The zero-order valence-corrected chi connectivity index (χ0v) is 16.8. The van der Waals surface area contributed by atoms with Crippen molar-refractivity contribution in [1.82, 2.24) is 20.5 Å². The van der Waals surface area contributed by atoms with Gasteiger partial charge in [-0.25, -0.2) is 0 Å². The van der Waals surface area contributed by atoms with Crippen LogP contribution in [-0.2, 0) is 25.9 Å². The van der Waals surface area contributed by atoms with Crippen molar-refractivity contribution < 1.29 is 4.79 Å². The molecule has 6 heteroatoms. The Hall–Kier alpha value is -1.76. The Morgan fingerprint density at radius 1 is 1.44 bits per heavy atom. The van der Waals surface area contributed by atoms with Gasteiger partial charge in [-0.05, 0) is 49.4 Å². The molecule has 1 amide bonds. The van der Waals surface area contributed by atoms with Crippen LogP contribution in [0.2, 0.25) is 0 Å². The molecule has 1 atom stereocenters. The molecule has 0 aliphatic carbocycles. The summed E-state index contributed by atoms with van der Waals surface area (Å²) in [5, 5.41) is 8.59. The van der Waals surface area contributed by atoms with Crippen LogP contribution >= 0.6 is 11.3 Å². The van der Waals surface area contributed by atoms with Crippen LogP contribution in [0, 0.1) is 0 Å². The third-order valence-corrected chi connectivity index (χ3v) is 6.64. The van der Waals surface area contributed by atoms with Gasteiger partial charge in [0, 0.05) is 48.7 Å². The quantitative estimate of drug-likeness (QED) is 0.804. The molecule has 1 fully saturated rings. The van der Waals surface area contributed by atoms with E-state index in [0.29, 0.717) is 6.04 Å². The summed E-state index contributed by atoms with van der Waals surface area (Å²) in [7, 11) is 0. The molecule has 2 aliphatic heterocycles. The van der Waals surface area contributed by atoms with Gasteiger partial charge in [0.2, 0.25) is 0 Å². The van der Waals surface area contributed by atoms with Crippen molar-refractivity contribution in [2.75, 3.05) is 19.6 Å². The first kappa shape index (κ1) is 18.6. The fourth-order valence-corrected chi connectivity index (χ4v) is 5.06. The number of hydrogen-bond acceptors (Lipinski definition) is 5. The average Bonchev–Trinajstić information content (AvgIpc) is 3.36. The summed E-state index contributed by atoms with van der Waals surface area (Å²) in [5.74, 6) is 0.0893. The number of nitrogens with zero attached hydrogens (tertiary/aromatic N) is 2.